The highest BCUT2D eigenvalue weighted by Gasteiger charge is 2.33. The van der Waals surface area contributed by atoms with Crippen molar-refractivity contribution in [2.75, 3.05) is 18.4 Å². The Morgan fingerprint density at radius 3 is 1.80 bits per heavy atom. The van der Waals surface area contributed by atoms with Crippen LogP contribution in [-0.2, 0) is 10.2 Å². The van der Waals surface area contributed by atoms with E-state index in [0.29, 0.717) is 11.4 Å². The van der Waals surface area contributed by atoms with E-state index in [9.17, 15) is 8.42 Å². The number of hydrogen-bond donors (Lipinski definition) is 0. The molecular formula is C14H14N2O2S2. The first-order chi connectivity index (χ1) is 9.51. The summed E-state index contributed by atoms with van der Waals surface area (Å²) in [6.07, 6.45) is 0. The summed E-state index contributed by atoms with van der Waals surface area (Å²) in [7, 11) is -0.486. The molecule has 0 spiro atoms. The summed E-state index contributed by atoms with van der Waals surface area (Å²) in [6, 6.07) is 15.1. The predicted octanol–water partition coefficient (Wildman–Crippen LogP) is 3.10. The van der Waals surface area contributed by atoms with Gasteiger partial charge >= 0.3 is 10.2 Å². The maximum absolute atomic E-state index is 12.7. The average molecular weight is 306 g/mol. The number of rotatable bonds is 2. The maximum atomic E-state index is 12.7. The highest BCUT2D eigenvalue weighted by molar-refractivity contribution is 8.00. The standard InChI is InChI=1S/C14H14N2O2S2/c1-15(2)20(17,18)16-11-7-3-5-9-13(11)19-14-10-6-4-8-12(14)16/h3-10H,1-2H3. The summed E-state index contributed by atoms with van der Waals surface area (Å²) in [4.78, 5) is 1.88. The molecule has 4 nitrogen and oxygen atoms in total. The van der Waals surface area contributed by atoms with Crippen LogP contribution in [0.1, 0.15) is 0 Å². The summed E-state index contributed by atoms with van der Waals surface area (Å²) in [5.41, 5.74) is 1.40. The Hall–Kier alpha value is -1.50. The molecule has 1 aliphatic rings. The molecule has 0 fully saturated rings. The third-order valence-electron chi connectivity index (χ3n) is 3.08. The monoisotopic (exact) mass is 306 g/mol. The molecule has 0 unspecified atom stereocenters. The molecule has 0 radical (unpaired) electrons. The topological polar surface area (TPSA) is 40.6 Å². The van der Waals surface area contributed by atoms with Crippen molar-refractivity contribution in [1.82, 2.24) is 4.31 Å². The lowest BCUT2D eigenvalue weighted by Gasteiger charge is -2.33. The van der Waals surface area contributed by atoms with Gasteiger partial charge in [-0.1, -0.05) is 36.0 Å². The highest BCUT2D eigenvalue weighted by Crippen LogP contribution is 2.49. The summed E-state index contributed by atoms with van der Waals surface area (Å²) >= 11 is 1.59. The second-order valence-corrected chi connectivity index (χ2v) is 7.67. The van der Waals surface area contributed by atoms with E-state index in [1.807, 2.05) is 48.5 Å². The van der Waals surface area contributed by atoms with Crippen LogP contribution in [0, 0.1) is 0 Å². The number of anilines is 2. The largest absolute Gasteiger partial charge is 0.308 e. The van der Waals surface area contributed by atoms with Crippen LogP contribution in [0.2, 0.25) is 0 Å². The molecule has 0 saturated heterocycles. The zero-order valence-corrected chi connectivity index (χ0v) is 12.8. The van der Waals surface area contributed by atoms with Gasteiger partial charge < -0.3 is 0 Å². The van der Waals surface area contributed by atoms with Gasteiger partial charge in [0.25, 0.3) is 0 Å². The Morgan fingerprint density at radius 2 is 1.35 bits per heavy atom. The van der Waals surface area contributed by atoms with Crippen LogP contribution in [0.3, 0.4) is 0 Å². The van der Waals surface area contributed by atoms with Gasteiger partial charge in [-0.05, 0) is 24.3 Å². The minimum atomic E-state index is -3.57. The first-order valence-electron chi connectivity index (χ1n) is 6.10. The smallest absolute Gasteiger partial charge is 0.224 e. The molecule has 0 amide bonds. The minimum absolute atomic E-state index is 0.699. The molecule has 20 heavy (non-hydrogen) atoms. The third kappa shape index (κ3) is 2.00. The van der Waals surface area contributed by atoms with Crippen LogP contribution in [0.15, 0.2) is 58.3 Å². The lowest BCUT2D eigenvalue weighted by Crippen LogP contribution is -2.38. The number of hydrogen-bond acceptors (Lipinski definition) is 3. The molecule has 0 bridgehead atoms. The first-order valence-corrected chi connectivity index (χ1v) is 8.32. The minimum Gasteiger partial charge on any atom is -0.224 e. The zero-order chi connectivity index (χ0) is 14.3. The fourth-order valence-corrected chi connectivity index (χ4v) is 4.40. The van der Waals surface area contributed by atoms with Gasteiger partial charge in [0.05, 0.1) is 11.4 Å². The van der Waals surface area contributed by atoms with Crippen LogP contribution in [0.4, 0.5) is 11.4 Å². The Morgan fingerprint density at radius 1 is 0.900 bits per heavy atom. The van der Waals surface area contributed by atoms with E-state index in [4.69, 9.17) is 0 Å². The molecule has 0 aliphatic carbocycles. The van der Waals surface area contributed by atoms with Gasteiger partial charge in [0.2, 0.25) is 0 Å². The summed E-state index contributed by atoms with van der Waals surface area (Å²) in [5, 5.41) is 0. The maximum Gasteiger partial charge on any atom is 0.308 e. The van der Waals surface area contributed by atoms with E-state index in [1.165, 1.54) is 8.61 Å². The van der Waals surface area contributed by atoms with Crippen molar-refractivity contribution in [1.29, 1.82) is 0 Å². The molecule has 6 heteroatoms. The number of para-hydroxylation sites is 2. The Kier molecular flexibility index (Phi) is 3.24. The van der Waals surface area contributed by atoms with E-state index in [1.54, 1.807) is 25.9 Å². The molecule has 1 aliphatic heterocycles. The van der Waals surface area contributed by atoms with Gasteiger partial charge in [-0.3, -0.25) is 0 Å². The molecule has 3 rings (SSSR count). The molecular weight excluding hydrogens is 292 g/mol. The van der Waals surface area contributed by atoms with Gasteiger partial charge in [-0.15, -0.1) is 0 Å². The summed E-state index contributed by atoms with van der Waals surface area (Å²) in [5.74, 6) is 0. The fraction of sp³-hybridized carbons (Fsp3) is 0.143. The van der Waals surface area contributed by atoms with Crippen molar-refractivity contribution in [3.63, 3.8) is 0 Å². The summed E-state index contributed by atoms with van der Waals surface area (Å²) < 4.78 is 28.0. The van der Waals surface area contributed by atoms with Crippen LogP contribution in [0.5, 0.6) is 0 Å². The van der Waals surface area contributed by atoms with E-state index < -0.39 is 10.2 Å². The Labute approximate surface area is 123 Å². The van der Waals surface area contributed by atoms with Gasteiger partial charge in [0.1, 0.15) is 0 Å². The van der Waals surface area contributed by atoms with Crippen LogP contribution >= 0.6 is 11.8 Å². The Balaban J connectivity index is 2.29. The van der Waals surface area contributed by atoms with E-state index in [0.717, 1.165) is 9.79 Å². The lowest BCUT2D eigenvalue weighted by molar-refractivity contribution is 0.520. The SMILES string of the molecule is CN(C)S(=O)(=O)N1c2ccccc2Sc2ccccc21. The molecule has 104 valence electrons. The quantitative estimate of drug-likeness (QED) is 0.856. The number of benzene rings is 2. The normalized spacial score (nSPS) is 14.1. The molecule has 0 N–H and O–H groups in total. The molecule has 0 aromatic heterocycles. The van der Waals surface area contributed by atoms with Crippen molar-refractivity contribution >= 4 is 33.3 Å². The van der Waals surface area contributed by atoms with Crippen molar-refractivity contribution in [2.45, 2.75) is 9.79 Å². The zero-order valence-electron chi connectivity index (χ0n) is 11.1. The van der Waals surface area contributed by atoms with Crippen molar-refractivity contribution < 1.29 is 8.42 Å². The lowest BCUT2D eigenvalue weighted by atomic mass is 10.2. The fourth-order valence-electron chi connectivity index (χ4n) is 2.08. The summed E-state index contributed by atoms with van der Waals surface area (Å²) in [6.45, 7) is 0. The van der Waals surface area contributed by atoms with E-state index in [-0.39, 0.29) is 0 Å². The van der Waals surface area contributed by atoms with Crippen molar-refractivity contribution in [2.24, 2.45) is 0 Å². The van der Waals surface area contributed by atoms with Crippen LogP contribution < -0.4 is 4.31 Å². The first kappa shape index (κ1) is 13.5. The average Bonchev–Trinajstić information content (AvgIpc) is 2.44. The molecule has 2 aromatic carbocycles. The Bertz CT molecular complexity index is 712. The molecule has 1 heterocycles. The number of fused-ring (bicyclic) bond motifs is 2. The predicted molar refractivity (Wildman–Crippen MR) is 81.8 cm³/mol. The van der Waals surface area contributed by atoms with Crippen molar-refractivity contribution in [3.05, 3.63) is 48.5 Å². The number of nitrogens with zero attached hydrogens (tertiary/aromatic N) is 2. The third-order valence-corrected chi connectivity index (χ3v) is 5.99. The van der Waals surface area contributed by atoms with Gasteiger partial charge in [-0.25, -0.2) is 4.31 Å². The second kappa shape index (κ2) is 4.80. The van der Waals surface area contributed by atoms with Gasteiger partial charge in [0, 0.05) is 23.9 Å². The van der Waals surface area contributed by atoms with E-state index >= 15 is 0 Å². The van der Waals surface area contributed by atoms with Crippen LogP contribution in [0.25, 0.3) is 0 Å². The van der Waals surface area contributed by atoms with E-state index in [2.05, 4.69) is 0 Å². The van der Waals surface area contributed by atoms with Gasteiger partial charge in [0.15, 0.2) is 0 Å². The van der Waals surface area contributed by atoms with Crippen molar-refractivity contribution in [3.8, 4) is 0 Å². The van der Waals surface area contributed by atoms with Gasteiger partial charge in [-0.2, -0.15) is 12.7 Å². The highest BCUT2D eigenvalue weighted by atomic mass is 32.2. The molecule has 0 saturated carbocycles. The van der Waals surface area contributed by atoms with Crippen LogP contribution in [-0.4, -0.2) is 26.8 Å². The second-order valence-electron chi connectivity index (χ2n) is 4.59. The molecule has 0 atom stereocenters. The molecule has 2 aromatic rings.